The number of benzene rings is 1. The highest BCUT2D eigenvalue weighted by atomic mass is 35.5. The van der Waals surface area contributed by atoms with E-state index in [1.807, 2.05) is 13.8 Å². The number of halogens is 1. The number of methoxy groups -OCH3 is 3. The van der Waals surface area contributed by atoms with Gasteiger partial charge in [-0.1, -0.05) is 13.8 Å². The smallest absolute Gasteiger partial charge is 0.234 e. The third-order valence-electron chi connectivity index (χ3n) is 4.54. The molecule has 1 rings (SSSR count). The number of hydrogen-bond donors (Lipinski definition) is 1. The van der Waals surface area contributed by atoms with Crippen LogP contribution in [0.3, 0.4) is 0 Å². The fraction of sp³-hybridized carbons (Fsp3) is 0.588. The molecule has 0 radical (unpaired) electrons. The molecule has 0 fully saturated rings. The molecule has 24 heavy (non-hydrogen) atoms. The number of nitrogens with two attached hydrogens (primary N) is 1. The Labute approximate surface area is 150 Å². The molecule has 1 aromatic rings. The summed E-state index contributed by atoms with van der Waals surface area (Å²) in [4.78, 5) is 14.5. The number of hydrogen-bond acceptors (Lipinski definition) is 5. The summed E-state index contributed by atoms with van der Waals surface area (Å²) in [7, 11) is 6.37. The van der Waals surface area contributed by atoms with Gasteiger partial charge in [-0.2, -0.15) is 0 Å². The van der Waals surface area contributed by atoms with E-state index in [0.29, 0.717) is 42.3 Å². The summed E-state index contributed by atoms with van der Waals surface area (Å²) < 4.78 is 16.0. The molecular weight excluding hydrogens is 332 g/mol. The Morgan fingerprint density at radius 2 is 1.54 bits per heavy atom. The highest BCUT2D eigenvalue weighted by Gasteiger charge is 2.36. The maximum Gasteiger partial charge on any atom is 0.234 e. The van der Waals surface area contributed by atoms with Crippen molar-refractivity contribution in [2.75, 3.05) is 39.8 Å². The largest absolute Gasteiger partial charge is 0.493 e. The van der Waals surface area contributed by atoms with Gasteiger partial charge in [-0.25, -0.2) is 0 Å². The second-order valence-electron chi connectivity index (χ2n) is 5.44. The van der Waals surface area contributed by atoms with Gasteiger partial charge in [-0.3, -0.25) is 4.79 Å². The average Bonchev–Trinajstić information content (AvgIpc) is 2.61. The second kappa shape index (κ2) is 9.59. The first-order valence-corrected chi connectivity index (χ1v) is 7.72. The monoisotopic (exact) mass is 360 g/mol. The summed E-state index contributed by atoms with van der Waals surface area (Å²) in [6.07, 6.45) is 1.38. The maximum atomic E-state index is 12.9. The molecule has 0 bridgehead atoms. The van der Waals surface area contributed by atoms with Crippen molar-refractivity contribution in [3.05, 3.63) is 12.1 Å². The zero-order valence-electron chi connectivity index (χ0n) is 15.3. The van der Waals surface area contributed by atoms with Crippen LogP contribution in [0.5, 0.6) is 17.2 Å². The molecule has 0 heterocycles. The van der Waals surface area contributed by atoms with Crippen LogP contribution in [0.25, 0.3) is 0 Å². The van der Waals surface area contributed by atoms with Crippen LogP contribution in [0.1, 0.15) is 26.7 Å². The maximum absolute atomic E-state index is 12.9. The molecule has 0 aliphatic carbocycles. The molecule has 0 aliphatic heterocycles. The predicted molar refractivity (Wildman–Crippen MR) is 98.8 cm³/mol. The van der Waals surface area contributed by atoms with Gasteiger partial charge in [-0.05, 0) is 12.8 Å². The lowest BCUT2D eigenvalue weighted by molar-refractivity contribution is -0.127. The predicted octanol–water partition coefficient (Wildman–Crippen LogP) is 2.86. The molecule has 0 saturated carbocycles. The Bertz CT molecular complexity index is 514. The summed E-state index contributed by atoms with van der Waals surface area (Å²) >= 11 is 0. The first-order chi connectivity index (χ1) is 10.9. The fourth-order valence-corrected chi connectivity index (χ4v) is 2.66. The van der Waals surface area contributed by atoms with Gasteiger partial charge in [0.1, 0.15) is 0 Å². The van der Waals surface area contributed by atoms with Gasteiger partial charge >= 0.3 is 0 Å². The van der Waals surface area contributed by atoms with Crippen molar-refractivity contribution in [1.82, 2.24) is 0 Å². The van der Waals surface area contributed by atoms with Crippen molar-refractivity contribution >= 4 is 24.0 Å². The number of carbonyl (C=O) groups is 1. The van der Waals surface area contributed by atoms with Crippen LogP contribution in [-0.4, -0.2) is 40.8 Å². The lowest BCUT2D eigenvalue weighted by atomic mass is 9.81. The number of amides is 1. The minimum Gasteiger partial charge on any atom is -0.493 e. The van der Waals surface area contributed by atoms with Gasteiger partial charge in [0, 0.05) is 25.7 Å². The quantitative estimate of drug-likeness (QED) is 0.771. The Kier molecular flexibility index (Phi) is 8.93. The van der Waals surface area contributed by atoms with Crippen LogP contribution in [0, 0.1) is 5.41 Å². The molecule has 1 amide bonds. The summed E-state index contributed by atoms with van der Waals surface area (Å²) in [5.41, 5.74) is 6.00. The number of anilines is 1. The van der Waals surface area contributed by atoms with Gasteiger partial charge in [0.2, 0.25) is 11.7 Å². The van der Waals surface area contributed by atoms with E-state index in [4.69, 9.17) is 19.9 Å². The van der Waals surface area contributed by atoms with Crippen LogP contribution in [0.4, 0.5) is 5.69 Å². The van der Waals surface area contributed by atoms with Gasteiger partial charge in [-0.15, -0.1) is 12.4 Å². The zero-order valence-corrected chi connectivity index (χ0v) is 16.2. The summed E-state index contributed by atoms with van der Waals surface area (Å²) in [5.74, 6) is 1.50. The minimum absolute atomic E-state index is 0. The third-order valence-corrected chi connectivity index (χ3v) is 4.54. The van der Waals surface area contributed by atoms with E-state index in [2.05, 4.69) is 0 Å². The number of ether oxygens (including phenoxy) is 3. The summed E-state index contributed by atoms with van der Waals surface area (Å²) in [6.45, 7) is 4.28. The standard InChI is InChI=1S/C17H28N2O4.ClH/c1-7-17(8-2,11-18)16(20)19(3)12-9-13(21-4)15(23-6)14(10-12)22-5;/h9-10H,7-8,11,18H2,1-6H3;1H. The summed E-state index contributed by atoms with van der Waals surface area (Å²) in [6, 6.07) is 3.51. The number of carbonyl (C=O) groups excluding carboxylic acids is 1. The molecule has 0 saturated heterocycles. The normalized spacial score (nSPS) is 10.6. The lowest BCUT2D eigenvalue weighted by Crippen LogP contribution is -2.46. The van der Waals surface area contributed by atoms with Crippen LogP contribution < -0.4 is 24.8 Å². The van der Waals surface area contributed by atoms with Gasteiger partial charge in [0.25, 0.3) is 0 Å². The molecule has 7 heteroatoms. The van der Waals surface area contributed by atoms with E-state index >= 15 is 0 Å². The Hall–Kier alpha value is -1.66. The van der Waals surface area contributed by atoms with E-state index in [9.17, 15) is 4.79 Å². The van der Waals surface area contributed by atoms with Crippen molar-refractivity contribution in [2.45, 2.75) is 26.7 Å². The number of rotatable bonds is 8. The Morgan fingerprint density at radius 1 is 1.08 bits per heavy atom. The molecular formula is C17H29ClN2O4. The van der Waals surface area contributed by atoms with E-state index in [0.717, 1.165) is 0 Å². The SMILES string of the molecule is CCC(CC)(CN)C(=O)N(C)c1cc(OC)c(OC)c(OC)c1.Cl. The molecule has 0 aromatic heterocycles. The zero-order chi connectivity index (χ0) is 17.6. The van der Waals surface area contributed by atoms with Crippen LogP contribution in [-0.2, 0) is 4.79 Å². The van der Waals surface area contributed by atoms with Gasteiger partial charge in [0.15, 0.2) is 11.5 Å². The third kappa shape index (κ3) is 4.05. The van der Waals surface area contributed by atoms with Gasteiger partial charge < -0.3 is 24.8 Å². The van der Waals surface area contributed by atoms with Crippen molar-refractivity contribution in [2.24, 2.45) is 11.1 Å². The molecule has 138 valence electrons. The highest BCUT2D eigenvalue weighted by Crippen LogP contribution is 2.41. The van der Waals surface area contributed by atoms with Crippen molar-refractivity contribution in [1.29, 1.82) is 0 Å². The highest BCUT2D eigenvalue weighted by molar-refractivity contribution is 5.98. The van der Waals surface area contributed by atoms with E-state index < -0.39 is 5.41 Å². The molecule has 6 nitrogen and oxygen atoms in total. The van der Waals surface area contributed by atoms with E-state index in [1.54, 1.807) is 45.4 Å². The van der Waals surface area contributed by atoms with E-state index in [1.165, 1.54) is 0 Å². The van der Waals surface area contributed by atoms with Crippen LogP contribution >= 0.6 is 12.4 Å². The van der Waals surface area contributed by atoms with Crippen LogP contribution in [0.2, 0.25) is 0 Å². The van der Waals surface area contributed by atoms with Gasteiger partial charge in [0.05, 0.1) is 32.4 Å². The Balaban J connectivity index is 0.00000529. The lowest BCUT2D eigenvalue weighted by Gasteiger charge is -2.33. The fourth-order valence-electron chi connectivity index (χ4n) is 2.66. The van der Waals surface area contributed by atoms with Crippen molar-refractivity contribution < 1.29 is 19.0 Å². The first-order valence-electron chi connectivity index (χ1n) is 7.72. The molecule has 0 aliphatic rings. The average molecular weight is 361 g/mol. The second-order valence-corrected chi connectivity index (χ2v) is 5.44. The Morgan fingerprint density at radius 3 is 1.83 bits per heavy atom. The molecule has 0 spiro atoms. The molecule has 0 unspecified atom stereocenters. The minimum atomic E-state index is -0.560. The van der Waals surface area contributed by atoms with E-state index in [-0.39, 0.29) is 18.3 Å². The molecule has 2 N–H and O–H groups in total. The van der Waals surface area contributed by atoms with Crippen molar-refractivity contribution in [3.8, 4) is 17.2 Å². The molecule has 1 aromatic carbocycles. The topological polar surface area (TPSA) is 74.0 Å². The first kappa shape index (κ1) is 22.3. The summed E-state index contributed by atoms with van der Waals surface area (Å²) in [5, 5.41) is 0. The van der Waals surface area contributed by atoms with Crippen molar-refractivity contribution in [3.63, 3.8) is 0 Å². The number of nitrogens with zero attached hydrogens (tertiary/aromatic N) is 1. The van der Waals surface area contributed by atoms with Crippen LogP contribution in [0.15, 0.2) is 12.1 Å². The molecule has 0 atom stereocenters.